The smallest absolute Gasteiger partial charge is 0.185 e. The number of hydrogen-bond acceptors (Lipinski definition) is 1. The third-order valence-electron chi connectivity index (χ3n) is 1.93. The molecule has 0 aromatic heterocycles. The summed E-state index contributed by atoms with van der Waals surface area (Å²) in [7, 11) is 0. The van der Waals surface area contributed by atoms with Crippen LogP contribution in [-0.4, -0.2) is 5.78 Å². The number of carbonyl (C=O) groups excluding carboxylic acids is 1. The van der Waals surface area contributed by atoms with Crippen LogP contribution in [0.3, 0.4) is 0 Å². The Hall–Kier alpha value is -1.08. The number of ketones is 1. The molecular weight excluding hydrogens is 184 g/mol. The van der Waals surface area contributed by atoms with Crippen LogP contribution in [0.25, 0.3) is 0 Å². The van der Waals surface area contributed by atoms with Crippen molar-refractivity contribution in [2.45, 2.75) is 13.8 Å². The Kier molecular flexibility index (Phi) is 2.89. The average molecular weight is 195 g/mol. The lowest BCUT2D eigenvalue weighted by molar-refractivity contribution is 0.104. The number of hydrogen-bond donors (Lipinski definition) is 0. The van der Waals surface area contributed by atoms with Crippen LogP contribution in [0.5, 0.6) is 0 Å². The Labute approximate surface area is 83.0 Å². The standard InChI is InChI=1S/C11H11ClO/c1-4-10(13)11-7(2)5-9(12)6-8(11)3/h4-6H,1H2,2-3H3. The zero-order chi connectivity index (χ0) is 10.0. The van der Waals surface area contributed by atoms with Gasteiger partial charge in [-0.2, -0.15) is 0 Å². The van der Waals surface area contributed by atoms with Crippen LogP contribution in [0.4, 0.5) is 0 Å². The Bertz CT molecular complexity index is 343. The summed E-state index contributed by atoms with van der Waals surface area (Å²) in [5.41, 5.74) is 2.50. The van der Waals surface area contributed by atoms with Gasteiger partial charge in [-0.1, -0.05) is 18.2 Å². The van der Waals surface area contributed by atoms with Gasteiger partial charge in [0.1, 0.15) is 0 Å². The first-order chi connectivity index (χ1) is 6.06. The molecule has 0 saturated carbocycles. The molecule has 0 aliphatic heterocycles. The summed E-state index contributed by atoms with van der Waals surface area (Å²) >= 11 is 5.83. The molecule has 1 rings (SSSR count). The molecule has 0 heterocycles. The number of rotatable bonds is 2. The van der Waals surface area contributed by atoms with E-state index in [0.717, 1.165) is 11.1 Å². The van der Waals surface area contributed by atoms with Crippen LogP contribution in [0.1, 0.15) is 21.5 Å². The van der Waals surface area contributed by atoms with E-state index in [1.807, 2.05) is 13.8 Å². The molecule has 1 nitrogen and oxygen atoms in total. The fourth-order valence-corrected chi connectivity index (χ4v) is 1.73. The van der Waals surface area contributed by atoms with E-state index in [1.54, 1.807) is 12.1 Å². The Morgan fingerprint density at radius 2 is 1.85 bits per heavy atom. The fourth-order valence-electron chi connectivity index (χ4n) is 1.40. The predicted octanol–water partition coefficient (Wildman–Crippen LogP) is 3.33. The highest BCUT2D eigenvalue weighted by Gasteiger charge is 2.09. The second-order valence-electron chi connectivity index (χ2n) is 2.98. The molecule has 0 amide bonds. The summed E-state index contributed by atoms with van der Waals surface area (Å²) in [4.78, 5) is 11.4. The van der Waals surface area contributed by atoms with Crippen LogP contribution in [0.15, 0.2) is 24.8 Å². The average Bonchev–Trinajstić information content (AvgIpc) is 2.02. The fraction of sp³-hybridized carbons (Fsp3) is 0.182. The molecule has 0 aliphatic carbocycles. The first-order valence-electron chi connectivity index (χ1n) is 3.99. The molecule has 1 aromatic rings. The van der Waals surface area contributed by atoms with E-state index in [2.05, 4.69) is 6.58 Å². The largest absolute Gasteiger partial charge is 0.289 e. The molecular formula is C11H11ClO. The van der Waals surface area contributed by atoms with Crippen LogP contribution >= 0.6 is 11.6 Å². The van der Waals surface area contributed by atoms with Gasteiger partial charge in [-0.3, -0.25) is 4.79 Å². The number of allylic oxidation sites excluding steroid dienone is 1. The van der Waals surface area contributed by atoms with Crippen LogP contribution in [0.2, 0.25) is 5.02 Å². The normalized spacial score (nSPS) is 9.77. The van der Waals surface area contributed by atoms with Gasteiger partial charge in [-0.25, -0.2) is 0 Å². The molecule has 0 radical (unpaired) electrons. The van der Waals surface area contributed by atoms with Crippen molar-refractivity contribution >= 4 is 17.4 Å². The van der Waals surface area contributed by atoms with E-state index in [-0.39, 0.29) is 5.78 Å². The Morgan fingerprint density at radius 1 is 1.38 bits per heavy atom. The lowest BCUT2D eigenvalue weighted by Gasteiger charge is -2.06. The molecule has 0 saturated heterocycles. The zero-order valence-corrected chi connectivity index (χ0v) is 8.48. The minimum Gasteiger partial charge on any atom is -0.289 e. The van der Waals surface area contributed by atoms with Crippen molar-refractivity contribution < 1.29 is 4.79 Å². The van der Waals surface area contributed by atoms with Crippen molar-refractivity contribution in [2.75, 3.05) is 0 Å². The molecule has 0 unspecified atom stereocenters. The van der Waals surface area contributed by atoms with Gasteiger partial charge >= 0.3 is 0 Å². The van der Waals surface area contributed by atoms with E-state index < -0.39 is 0 Å². The van der Waals surface area contributed by atoms with Crippen molar-refractivity contribution in [1.82, 2.24) is 0 Å². The monoisotopic (exact) mass is 194 g/mol. The van der Waals surface area contributed by atoms with Crippen molar-refractivity contribution in [3.8, 4) is 0 Å². The summed E-state index contributed by atoms with van der Waals surface area (Å²) in [5, 5.41) is 0.663. The van der Waals surface area contributed by atoms with E-state index in [9.17, 15) is 4.79 Å². The van der Waals surface area contributed by atoms with Gasteiger partial charge in [0.15, 0.2) is 5.78 Å². The SMILES string of the molecule is C=CC(=O)c1c(C)cc(Cl)cc1C. The van der Waals surface area contributed by atoms with Gasteiger partial charge in [-0.15, -0.1) is 0 Å². The van der Waals surface area contributed by atoms with E-state index in [4.69, 9.17) is 11.6 Å². The van der Waals surface area contributed by atoms with E-state index in [1.165, 1.54) is 6.08 Å². The molecule has 1 aromatic carbocycles. The van der Waals surface area contributed by atoms with Crippen molar-refractivity contribution in [3.63, 3.8) is 0 Å². The highest BCUT2D eigenvalue weighted by atomic mass is 35.5. The molecule has 0 N–H and O–H groups in total. The highest BCUT2D eigenvalue weighted by Crippen LogP contribution is 2.20. The summed E-state index contributed by atoms with van der Waals surface area (Å²) in [5.74, 6) is -0.0494. The maximum Gasteiger partial charge on any atom is 0.185 e. The maximum atomic E-state index is 11.4. The van der Waals surface area contributed by atoms with Crippen LogP contribution in [-0.2, 0) is 0 Å². The van der Waals surface area contributed by atoms with Gasteiger partial charge in [0.2, 0.25) is 0 Å². The van der Waals surface area contributed by atoms with Gasteiger partial charge in [0.05, 0.1) is 0 Å². The van der Waals surface area contributed by atoms with E-state index >= 15 is 0 Å². The molecule has 68 valence electrons. The Balaban J connectivity index is 3.36. The van der Waals surface area contributed by atoms with E-state index in [0.29, 0.717) is 10.6 Å². The molecule has 13 heavy (non-hydrogen) atoms. The van der Waals surface area contributed by atoms with Gasteiger partial charge in [0, 0.05) is 10.6 Å². The molecule has 2 heteroatoms. The zero-order valence-electron chi connectivity index (χ0n) is 7.73. The van der Waals surface area contributed by atoms with Gasteiger partial charge in [0.25, 0.3) is 0 Å². The summed E-state index contributed by atoms with van der Waals surface area (Å²) in [6, 6.07) is 3.57. The third kappa shape index (κ3) is 1.99. The first-order valence-corrected chi connectivity index (χ1v) is 4.37. The first kappa shape index (κ1) is 10.0. The number of carbonyl (C=O) groups is 1. The molecule has 0 aliphatic rings. The molecule has 0 atom stereocenters. The number of aryl methyl sites for hydroxylation is 2. The van der Waals surface area contributed by atoms with Crippen molar-refractivity contribution in [3.05, 3.63) is 46.5 Å². The number of benzene rings is 1. The van der Waals surface area contributed by atoms with Crippen molar-refractivity contribution in [2.24, 2.45) is 0 Å². The second-order valence-corrected chi connectivity index (χ2v) is 3.42. The lowest BCUT2D eigenvalue weighted by Crippen LogP contribution is -2.00. The van der Waals surface area contributed by atoms with Gasteiger partial charge < -0.3 is 0 Å². The van der Waals surface area contributed by atoms with Gasteiger partial charge in [-0.05, 0) is 43.2 Å². The summed E-state index contributed by atoms with van der Waals surface area (Å²) < 4.78 is 0. The Morgan fingerprint density at radius 3 is 2.23 bits per heavy atom. The minimum absolute atomic E-state index is 0.0494. The lowest BCUT2D eigenvalue weighted by atomic mass is 9.99. The second kappa shape index (κ2) is 3.75. The van der Waals surface area contributed by atoms with Crippen LogP contribution < -0.4 is 0 Å². The quantitative estimate of drug-likeness (QED) is 0.522. The summed E-state index contributed by atoms with van der Waals surface area (Å²) in [6.07, 6.45) is 1.32. The topological polar surface area (TPSA) is 17.1 Å². The maximum absolute atomic E-state index is 11.4. The third-order valence-corrected chi connectivity index (χ3v) is 2.15. The highest BCUT2D eigenvalue weighted by molar-refractivity contribution is 6.31. The minimum atomic E-state index is -0.0494. The molecule has 0 fully saturated rings. The molecule has 0 bridgehead atoms. The van der Waals surface area contributed by atoms with Crippen molar-refractivity contribution in [1.29, 1.82) is 0 Å². The summed E-state index contributed by atoms with van der Waals surface area (Å²) in [6.45, 7) is 7.20. The molecule has 0 spiro atoms. The predicted molar refractivity (Wildman–Crippen MR) is 55.5 cm³/mol. The number of halogens is 1. The van der Waals surface area contributed by atoms with Crippen LogP contribution in [0, 0.1) is 13.8 Å².